The van der Waals surface area contributed by atoms with Crippen molar-refractivity contribution in [3.8, 4) is 0 Å². The van der Waals surface area contributed by atoms with Crippen molar-refractivity contribution in [2.75, 3.05) is 6.61 Å². The van der Waals surface area contributed by atoms with E-state index in [4.69, 9.17) is 9.47 Å². The van der Waals surface area contributed by atoms with Crippen LogP contribution in [0.5, 0.6) is 0 Å². The Hall–Kier alpha value is -2.40. The Balaban J connectivity index is 1.75. The summed E-state index contributed by atoms with van der Waals surface area (Å²) >= 11 is 1.24. The van der Waals surface area contributed by atoms with E-state index in [0.717, 1.165) is 39.3 Å². The molecule has 0 spiro atoms. The normalized spacial score (nSPS) is 20.0. The lowest BCUT2D eigenvalue weighted by atomic mass is 9.86. The first-order valence-electron chi connectivity index (χ1n) is 10.4. The minimum atomic E-state index is -0.0394. The van der Waals surface area contributed by atoms with E-state index in [9.17, 15) is 0 Å². The first-order chi connectivity index (χ1) is 14.1. The molecule has 4 rings (SSSR count). The minimum Gasteiger partial charge on any atom is -0.490 e. The molecule has 0 radical (unpaired) electrons. The SMILES string of the molecule is CC1OC(C(C)(C)C)=CC=C1c1ccc(C2=CC=C(C(C)(C)C)CO2)c2nsnc12. The highest BCUT2D eigenvalue weighted by Gasteiger charge is 2.28. The van der Waals surface area contributed by atoms with Gasteiger partial charge in [0.25, 0.3) is 0 Å². The second kappa shape index (κ2) is 7.38. The molecule has 4 nitrogen and oxygen atoms in total. The smallest absolute Gasteiger partial charge is 0.129 e. The van der Waals surface area contributed by atoms with Crippen molar-refractivity contribution in [3.05, 3.63) is 58.9 Å². The van der Waals surface area contributed by atoms with Crippen LogP contribution in [-0.4, -0.2) is 21.5 Å². The molecule has 1 aromatic carbocycles. The molecule has 2 aromatic rings. The van der Waals surface area contributed by atoms with E-state index in [2.05, 4.69) is 93.7 Å². The van der Waals surface area contributed by atoms with Crippen molar-refractivity contribution in [3.63, 3.8) is 0 Å². The summed E-state index contributed by atoms with van der Waals surface area (Å²) in [7, 11) is 0. The molecule has 1 unspecified atom stereocenters. The van der Waals surface area contributed by atoms with Crippen LogP contribution in [0.15, 0.2) is 47.8 Å². The highest BCUT2D eigenvalue weighted by atomic mass is 32.1. The van der Waals surface area contributed by atoms with Gasteiger partial charge < -0.3 is 9.47 Å². The Morgan fingerprint density at radius 3 is 2.10 bits per heavy atom. The van der Waals surface area contributed by atoms with Gasteiger partial charge in [0, 0.05) is 22.1 Å². The zero-order chi connectivity index (χ0) is 21.7. The molecule has 0 saturated carbocycles. The highest BCUT2D eigenvalue weighted by Crippen LogP contribution is 2.39. The fourth-order valence-corrected chi connectivity index (χ4v) is 4.26. The predicted molar refractivity (Wildman–Crippen MR) is 125 cm³/mol. The highest BCUT2D eigenvalue weighted by molar-refractivity contribution is 7.00. The van der Waals surface area contributed by atoms with Crippen LogP contribution in [0, 0.1) is 10.8 Å². The summed E-state index contributed by atoms with van der Waals surface area (Å²) in [5.41, 5.74) is 6.35. The average Bonchev–Trinajstić information content (AvgIpc) is 3.16. The largest absolute Gasteiger partial charge is 0.490 e. The van der Waals surface area contributed by atoms with Gasteiger partial charge in [0.15, 0.2) is 0 Å². The maximum absolute atomic E-state index is 6.24. The molecule has 0 saturated heterocycles. The maximum atomic E-state index is 6.24. The molecule has 0 bridgehead atoms. The molecule has 0 amide bonds. The summed E-state index contributed by atoms with van der Waals surface area (Å²) in [6.45, 7) is 15.8. The quantitative estimate of drug-likeness (QED) is 0.536. The first kappa shape index (κ1) is 20.9. The lowest BCUT2D eigenvalue weighted by molar-refractivity contribution is 0.121. The summed E-state index contributed by atoms with van der Waals surface area (Å²) in [6.07, 6.45) is 8.44. The average molecular weight is 423 g/mol. The van der Waals surface area contributed by atoms with Crippen LogP contribution in [-0.2, 0) is 9.47 Å². The van der Waals surface area contributed by atoms with Crippen LogP contribution in [0.1, 0.15) is 59.6 Å². The molecule has 2 aliphatic rings. The van der Waals surface area contributed by atoms with Crippen molar-refractivity contribution in [2.45, 2.75) is 54.6 Å². The number of aromatic nitrogens is 2. The van der Waals surface area contributed by atoms with Gasteiger partial charge in [-0.25, -0.2) is 0 Å². The molecular weight excluding hydrogens is 392 g/mol. The van der Waals surface area contributed by atoms with Crippen molar-refractivity contribution in [2.24, 2.45) is 10.8 Å². The zero-order valence-corrected chi connectivity index (χ0v) is 19.7. The van der Waals surface area contributed by atoms with Gasteiger partial charge in [-0.05, 0) is 36.1 Å². The molecule has 2 aliphatic heterocycles. The minimum absolute atomic E-state index is 0.0120. The van der Waals surface area contributed by atoms with Crippen LogP contribution < -0.4 is 0 Å². The van der Waals surface area contributed by atoms with Gasteiger partial charge in [-0.2, -0.15) is 8.75 Å². The fraction of sp³-hybridized carbons (Fsp3) is 0.440. The number of benzene rings is 1. The van der Waals surface area contributed by atoms with Gasteiger partial charge in [0.05, 0.1) is 11.7 Å². The lowest BCUT2D eigenvalue weighted by Crippen LogP contribution is -2.21. The molecule has 0 fully saturated rings. The van der Waals surface area contributed by atoms with E-state index in [0.29, 0.717) is 6.61 Å². The molecule has 1 aromatic heterocycles. The third kappa shape index (κ3) is 3.83. The van der Waals surface area contributed by atoms with Crippen LogP contribution in [0.4, 0.5) is 0 Å². The number of rotatable bonds is 2. The van der Waals surface area contributed by atoms with Crippen molar-refractivity contribution in [1.82, 2.24) is 8.75 Å². The summed E-state index contributed by atoms with van der Waals surface area (Å²) in [4.78, 5) is 0. The topological polar surface area (TPSA) is 44.2 Å². The number of fused-ring (bicyclic) bond motifs is 1. The van der Waals surface area contributed by atoms with Crippen LogP contribution in [0.25, 0.3) is 22.4 Å². The number of allylic oxidation sites excluding steroid dienone is 5. The summed E-state index contributed by atoms with van der Waals surface area (Å²) < 4.78 is 21.6. The first-order valence-corrected chi connectivity index (χ1v) is 11.2. The Labute approximate surface area is 183 Å². The molecule has 0 aliphatic carbocycles. The van der Waals surface area contributed by atoms with Crippen molar-refractivity contribution < 1.29 is 9.47 Å². The van der Waals surface area contributed by atoms with E-state index in [-0.39, 0.29) is 16.9 Å². The number of hydrogen-bond donors (Lipinski definition) is 0. The Bertz CT molecular complexity index is 1100. The Morgan fingerprint density at radius 1 is 0.867 bits per heavy atom. The molecule has 5 heteroatoms. The Kier molecular flexibility index (Phi) is 5.13. The number of ether oxygens (including phenoxy) is 2. The van der Waals surface area contributed by atoms with E-state index in [1.165, 1.54) is 17.3 Å². The Morgan fingerprint density at radius 2 is 1.53 bits per heavy atom. The van der Waals surface area contributed by atoms with Crippen LogP contribution >= 0.6 is 11.7 Å². The van der Waals surface area contributed by atoms with Crippen molar-refractivity contribution in [1.29, 1.82) is 0 Å². The van der Waals surface area contributed by atoms with Crippen LogP contribution in [0.3, 0.4) is 0 Å². The molecule has 158 valence electrons. The summed E-state index contributed by atoms with van der Waals surface area (Å²) in [6, 6.07) is 4.21. The third-order valence-corrected chi connectivity index (χ3v) is 6.20. The number of hydrogen-bond acceptors (Lipinski definition) is 5. The van der Waals surface area contributed by atoms with Gasteiger partial charge in [-0.3, -0.25) is 0 Å². The molecular formula is C25H30N2O2S. The van der Waals surface area contributed by atoms with Gasteiger partial charge in [-0.15, -0.1) is 0 Å². The lowest BCUT2D eigenvalue weighted by Gasteiger charge is -2.31. The van der Waals surface area contributed by atoms with Gasteiger partial charge >= 0.3 is 0 Å². The van der Waals surface area contributed by atoms with E-state index >= 15 is 0 Å². The molecule has 1 atom stereocenters. The molecule has 0 N–H and O–H groups in total. The molecule has 3 heterocycles. The maximum Gasteiger partial charge on any atom is 0.129 e. The zero-order valence-electron chi connectivity index (χ0n) is 18.9. The predicted octanol–water partition coefficient (Wildman–Crippen LogP) is 6.77. The van der Waals surface area contributed by atoms with Gasteiger partial charge in [-0.1, -0.05) is 59.8 Å². The van der Waals surface area contributed by atoms with E-state index in [1.807, 2.05) is 0 Å². The monoisotopic (exact) mass is 422 g/mol. The standard InChI is InChI=1S/C25H30N2O2S/c1-15-17(11-13-21(29-15)25(5,6)7)18-9-10-19(23-22(18)26-30-27-23)20-12-8-16(14-28-20)24(2,3)4/h8-13,15H,14H2,1-7H3. The van der Waals surface area contributed by atoms with E-state index in [1.54, 1.807) is 0 Å². The fourth-order valence-electron chi connectivity index (χ4n) is 3.69. The van der Waals surface area contributed by atoms with E-state index < -0.39 is 0 Å². The number of nitrogens with zero attached hydrogens (tertiary/aromatic N) is 2. The summed E-state index contributed by atoms with van der Waals surface area (Å²) in [5, 5.41) is 0. The van der Waals surface area contributed by atoms with Gasteiger partial charge in [0.1, 0.15) is 35.3 Å². The van der Waals surface area contributed by atoms with Gasteiger partial charge in [0.2, 0.25) is 0 Å². The van der Waals surface area contributed by atoms with Crippen LogP contribution in [0.2, 0.25) is 0 Å². The molecule has 30 heavy (non-hydrogen) atoms. The summed E-state index contributed by atoms with van der Waals surface area (Å²) in [5.74, 6) is 1.86. The second-order valence-electron chi connectivity index (χ2n) is 10.0. The van der Waals surface area contributed by atoms with Crippen molar-refractivity contribution >= 4 is 34.1 Å². The third-order valence-electron chi connectivity index (χ3n) is 5.67. The second-order valence-corrected chi connectivity index (χ2v) is 10.6.